The molecule has 0 bridgehead atoms. The highest BCUT2D eigenvalue weighted by Crippen LogP contribution is 2.32. The van der Waals surface area contributed by atoms with Crippen LogP contribution in [0.5, 0.6) is 6.01 Å². The minimum atomic E-state index is -0.677. The van der Waals surface area contributed by atoms with E-state index in [9.17, 15) is 13.9 Å². The van der Waals surface area contributed by atoms with Crippen LogP contribution in [0.3, 0.4) is 0 Å². The predicted octanol–water partition coefficient (Wildman–Crippen LogP) is 4.36. The van der Waals surface area contributed by atoms with Crippen LogP contribution in [0.1, 0.15) is 36.8 Å². The minimum Gasteiger partial charge on any atom is -0.456 e. The second-order valence-corrected chi connectivity index (χ2v) is 9.71. The van der Waals surface area contributed by atoms with E-state index in [0.717, 1.165) is 31.3 Å². The SMILES string of the molecule is O[C@@H]1CO[C@H]2[C@@H]1OC[C@H]2Oc1nc2nc(NCc3c(F)cc(C4=CCCCC4)cc3F)c(Cl)cc2[nH]1. The molecule has 0 radical (unpaired) electrons. The average Bonchev–Trinajstić information content (AvgIpc) is 3.55. The van der Waals surface area contributed by atoms with Crippen LogP contribution in [-0.2, 0) is 16.0 Å². The molecule has 0 unspecified atom stereocenters. The van der Waals surface area contributed by atoms with Crippen molar-refractivity contribution in [2.75, 3.05) is 18.5 Å². The van der Waals surface area contributed by atoms with E-state index in [-0.39, 0.29) is 48.3 Å². The number of pyridine rings is 1. The highest BCUT2D eigenvalue weighted by Gasteiger charge is 2.48. The van der Waals surface area contributed by atoms with E-state index in [0.29, 0.717) is 16.7 Å². The van der Waals surface area contributed by atoms with Gasteiger partial charge in [0.25, 0.3) is 6.01 Å². The molecule has 4 atom stereocenters. The molecule has 0 saturated carbocycles. The zero-order chi connectivity index (χ0) is 24.8. The lowest BCUT2D eigenvalue weighted by molar-refractivity contribution is 0.00706. The summed E-state index contributed by atoms with van der Waals surface area (Å²) in [5.74, 6) is -0.993. The quantitative estimate of drug-likeness (QED) is 0.445. The number of hydrogen-bond acceptors (Lipinski definition) is 7. The number of hydrogen-bond donors (Lipinski definition) is 3. The Bertz CT molecular complexity index is 1310. The molecule has 6 rings (SSSR count). The fourth-order valence-corrected chi connectivity index (χ4v) is 5.21. The molecule has 11 heteroatoms. The molecule has 2 fully saturated rings. The van der Waals surface area contributed by atoms with Crippen LogP contribution in [0.25, 0.3) is 16.7 Å². The summed E-state index contributed by atoms with van der Waals surface area (Å²) >= 11 is 6.37. The first-order chi connectivity index (χ1) is 17.5. The molecule has 3 N–H and O–H groups in total. The van der Waals surface area contributed by atoms with Crippen molar-refractivity contribution >= 4 is 34.2 Å². The first kappa shape index (κ1) is 23.6. The Labute approximate surface area is 210 Å². The van der Waals surface area contributed by atoms with Gasteiger partial charge >= 0.3 is 0 Å². The predicted molar refractivity (Wildman–Crippen MR) is 129 cm³/mol. The molecule has 4 heterocycles. The van der Waals surface area contributed by atoms with Gasteiger partial charge in [0.2, 0.25) is 0 Å². The van der Waals surface area contributed by atoms with Crippen LogP contribution in [-0.4, -0.2) is 57.7 Å². The summed E-state index contributed by atoms with van der Waals surface area (Å²) in [7, 11) is 0. The molecule has 190 valence electrons. The van der Waals surface area contributed by atoms with Gasteiger partial charge in [-0.15, -0.1) is 0 Å². The molecule has 0 amide bonds. The number of benzene rings is 1. The van der Waals surface area contributed by atoms with Crippen LogP contribution < -0.4 is 10.1 Å². The topological polar surface area (TPSA) is 102 Å². The molecule has 1 aliphatic carbocycles. The first-order valence-electron chi connectivity index (χ1n) is 12.0. The maximum atomic E-state index is 14.8. The summed E-state index contributed by atoms with van der Waals surface area (Å²) in [5, 5.41) is 13.1. The zero-order valence-electron chi connectivity index (χ0n) is 19.3. The molecule has 2 aromatic heterocycles. The summed E-state index contributed by atoms with van der Waals surface area (Å²) in [6.45, 7) is 0.325. The monoisotopic (exact) mass is 518 g/mol. The standard InChI is InChI=1S/C25H25ClF2N4O4/c26-15-8-18-24(32-25(30-18)36-20-11-35-21-19(33)10-34-22(20)21)31-23(15)29-9-14-16(27)6-13(7-17(14)28)12-4-2-1-3-5-12/h4,6-8,19-22,33H,1-3,5,9-11H2,(H2,29,30,31,32)/t19-,20-,21-,22-/m1/s1. The molecule has 8 nitrogen and oxygen atoms in total. The van der Waals surface area contributed by atoms with Gasteiger partial charge in [-0.3, -0.25) is 0 Å². The van der Waals surface area contributed by atoms with E-state index in [1.165, 1.54) is 12.1 Å². The maximum Gasteiger partial charge on any atom is 0.296 e. The van der Waals surface area contributed by atoms with Crippen molar-refractivity contribution < 1.29 is 28.1 Å². The number of ether oxygens (including phenoxy) is 3. The number of aromatic amines is 1. The second-order valence-electron chi connectivity index (χ2n) is 9.30. The Hall–Kier alpha value is -2.79. The Morgan fingerprint density at radius 2 is 1.92 bits per heavy atom. The molecule has 36 heavy (non-hydrogen) atoms. The lowest BCUT2D eigenvalue weighted by Crippen LogP contribution is -2.34. The lowest BCUT2D eigenvalue weighted by atomic mass is 9.93. The van der Waals surface area contributed by atoms with Gasteiger partial charge < -0.3 is 29.6 Å². The van der Waals surface area contributed by atoms with Crippen LogP contribution >= 0.6 is 11.6 Å². The number of imidazole rings is 1. The smallest absolute Gasteiger partial charge is 0.296 e. The molecule has 0 spiro atoms. The van der Waals surface area contributed by atoms with Gasteiger partial charge in [0.05, 0.1) is 23.8 Å². The number of allylic oxidation sites excluding steroid dienone is 2. The maximum absolute atomic E-state index is 14.8. The van der Waals surface area contributed by atoms with E-state index in [2.05, 4.69) is 26.3 Å². The van der Waals surface area contributed by atoms with Gasteiger partial charge in [-0.2, -0.15) is 4.98 Å². The molecule has 2 saturated heterocycles. The van der Waals surface area contributed by atoms with Crippen LogP contribution in [0.2, 0.25) is 5.02 Å². The number of nitrogens with zero attached hydrogens (tertiary/aromatic N) is 2. The van der Waals surface area contributed by atoms with Crippen LogP contribution in [0.4, 0.5) is 14.6 Å². The number of aliphatic hydroxyl groups is 1. The number of halogens is 3. The van der Waals surface area contributed by atoms with Gasteiger partial charge in [-0.1, -0.05) is 17.7 Å². The summed E-state index contributed by atoms with van der Waals surface area (Å²) in [5.41, 5.74) is 2.34. The normalized spacial score (nSPS) is 25.7. The van der Waals surface area contributed by atoms with Crippen molar-refractivity contribution in [3.8, 4) is 6.01 Å². The van der Waals surface area contributed by atoms with Crippen molar-refractivity contribution in [2.45, 2.75) is 56.6 Å². The second kappa shape index (κ2) is 9.59. The molecule has 3 aliphatic rings. The summed E-state index contributed by atoms with van der Waals surface area (Å²) < 4.78 is 46.6. The van der Waals surface area contributed by atoms with Gasteiger partial charge in [-0.05, 0) is 55.0 Å². The number of aromatic nitrogens is 3. The summed E-state index contributed by atoms with van der Waals surface area (Å²) in [4.78, 5) is 11.7. The van der Waals surface area contributed by atoms with E-state index in [4.69, 9.17) is 25.8 Å². The molecular weight excluding hydrogens is 494 g/mol. The average molecular weight is 519 g/mol. The van der Waals surface area contributed by atoms with Crippen molar-refractivity contribution in [2.24, 2.45) is 0 Å². The van der Waals surface area contributed by atoms with E-state index >= 15 is 0 Å². The fourth-order valence-electron chi connectivity index (χ4n) is 4.99. The lowest BCUT2D eigenvalue weighted by Gasteiger charge is -2.15. The Morgan fingerprint density at radius 3 is 2.69 bits per heavy atom. The molecular formula is C25H25ClF2N4O4. The Morgan fingerprint density at radius 1 is 1.11 bits per heavy atom. The number of H-pyrrole nitrogens is 1. The van der Waals surface area contributed by atoms with Gasteiger partial charge in [0.1, 0.15) is 35.8 Å². The molecule has 3 aromatic rings. The number of aliphatic hydroxyl groups excluding tert-OH is 1. The van der Waals surface area contributed by atoms with E-state index < -0.39 is 29.9 Å². The van der Waals surface area contributed by atoms with E-state index in [1.54, 1.807) is 6.07 Å². The summed E-state index contributed by atoms with van der Waals surface area (Å²) in [6.07, 6.45) is 4.03. The number of rotatable bonds is 6. The van der Waals surface area contributed by atoms with Crippen molar-refractivity contribution in [1.29, 1.82) is 0 Å². The van der Waals surface area contributed by atoms with Crippen molar-refractivity contribution in [3.63, 3.8) is 0 Å². The molecule has 1 aromatic carbocycles. The largest absolute Gasteiger partial charge is 0.456 e. The fraction of sp³-hybridized carbons (Fsp3) is 0.440. The first-order valence-corrected chi connectivity index (χ1v) is 12.4. The third kappa shape index (κ3) is 4.43. The van der Waals surface area contributed by atoms with Gasteiger partial charge in [0, 0.05) is 12.1 Å². The minimum absolute atomic E-state index is 0.0892. The molecule has 2 aliphatic heterocycles. The van der Waals surface area contributed by atoms with Crippen LogP contribution in [0, 0.1) is 11.6 Å². The number of fused-ring (bicyclic) bond motifs is 2. The van der Waals surface area contributed by atoms with Crippen molar-refractivity contribution in [3.05, 3.63) is 52.1 Å². The van der Waals surface area contributed by atoms with Crippen molar-refractivity contribution in [1.82, 2.24) is 15.0 Å². The Balaban J connectivity index is 1.17. The highest BCUT2D eigenvalue weighted by molar-refractivity contribution is 6.33. The van der Waals surface area contributed by atoms with Gasteiger partial charge in [-0.25, -0.2) is 13.8 Å². The van der Waals surface area contributed by atoms with Gasteiger partial charge in [0.15, 0.2) is 11.8 Å². The third-order valence-corrected chi connectivity index (χ3v) is 7.17. The Kier molecular flexibility index (Phi) is 6.28. The highest BCUT2D eigenvalue weighted by atomic mass is 35.5. The third-order valence-electron chi connectivity index (χ3n) is 6.89. The number of nitrogens with one attached hydrogen (secondary N) is 2. The van der Waals surface area contributed by atoms with E-state index in [1.807, 2.05) is 0 Å². The summed E-state index contributed by atoms with van der Waals surface area (Å²) in [6, 6.07) is 4.59. The zero-order valence-corrected chi connectivity index (χ0v) is 20.0. The van der Waals surface area contributed by atoms with Crippen LogP contribution in [0.15, 0.2) is 24.3 Å². The number of anilines is 1.